The predicted octanol–water partition coefficient (Wildman–Crippen LogP) is 1.91. The zero-order valence-electron chi connectivity index (χ0n) is 11.3. The zero-order valence-corrected chi connectivity index (χ0v) is 11.3. The molecule has 1 aromatic carbocycles. The van der Waals surface area contributed by atoms with E-state index < -0.39 is 5.82 Å². The fourth-order valence-electron chi connectivity index (χ4n) is 2.28. The van der Waals surface area contributed by atoms with Crippen molar-refractivity contribution < 1.29 is 13.9 Å². The maximum Gasteiger partial charge on any atom is 0.316 e. The molecule has 1 fully saturated rings. The summed E-state index contributed by atoms with van der Waals surface area (Å²) in [6.07, 6.45) is 2.66. The third-order valence-electron chi connectivity index (χ3n) is 3.32. The topological polar surface area (TPSA) is 55.3 Å². The molecule has 3 rings (SSSR count). The fourth-order valence-corrected chi connectivity index (χ4v) is 2.28. The van der Waals surface area contributed by atoms with E-state index in [9.17, 15) is 9.18 Å². The van der Waals surface area contributed by atoms with Gasteiger partial charge in [-0.05, 0) is 12.1 Å². The van der Waals surface area contributed by atoms with E-state index in [0.717, 1.165) is 12.4 Å². The van der Waals surface area contributed by atoms with Crippen LogP contribution < -0.4 is 4.74 Å². The molecule has 1 atom stereocenters. The van der Waals surface area contributed by atoms with E-state index in [1.165, 1.54) is 0 Å². The van der Waals surface area contributed by atoms with Gasteiger partial charge < -0.3 is 9.64 Å². The summed E-state index contributed by atoms with van der Waals surface area (Å²) in [5.41, 5.74) is 0.663. The van der Waals surface area contributed by atoms with Crippen LogP contribution in [0, 0.1) is 5.82 Å². The second-order valence-electron chi connectivity index (χ2n) is 4.83. The number of carbonyl (C=O) groups excluding carboxylic acids is 1. The van der Waals surface area contributed by atoms with Gasteiger partial charge in [-0.1, -0.05) is 18.2 Å². The first-order chi connectivity index (χ1) is 10.2. The lowest BCUT2D eigenvalue weighted by Gasteiger charge is -2.16. The Balaban J connectivity index is 1.60. The molecular weight excluding hydrogens is 273 g/mol. The minimum atomic E-state index is -0.505. The predicted molar refractivity (Wildman–Crippen MR) is 73.4 cm³/mol. The first kappa shape index (κ1) is 13.5. The van der Waals surface area contributed by atoms with Crippen molar-refractivity contribution in [1.29, 1.82) is 0 Å². The lowest BCUT2D eigenvalue weighted by molar-refractivity contribution is 0.0769. The second kappa shape index (κ2) is 5.87. The van der Waals surface area contributed by atoms with Crippen LogP contribution in [0.2, 0.25) is 0 Å². The van der Waals surface area contributed by atoms with Gasteiger partial charge in [0.2, 0.25) is 0 Å². The highest BCUT2D eigenvalue weighted by atomic mass is 19.1. The lowest BCUT2D eigenvalue weighted by atomic mass is 10.2. The highest BCUT2D eigenvalue weighted by Crippen LogP contribution is 2.17. The molecule has 1 amide bonds. The van der Waals surface area contributed by atoms with Crippen molar-refractivity contribution in [3.63, 3.8) is 0 Å². The molecule has 0 saturated carbocycles. The van der Waals surface area contributed by atoms with Crippen LogP contribution in [0.15, 0.2) is 42.7 Å². The summed E-state index contributed by atoms with van der Waals surface area (Å²) in [6.45, 7) is 1.11. The summed E-state index contributed by atoms with van der Waals surface area (Å²) in [5, 5.41) is 0. The van der Waals surface area contributed by atoms with E-state index in [1.54, 1.807) is 17.0 Å². The number of aromatic nitrogens is 2. The van der Waals surface area contributed by atoms with E-state index in [1.807, 2.05) is 18.2 Å². The Hall–Kier alpha value is -2.50. The molecule has 108 valence electrons. The normalized spacial score (nSPS) is 17.8. The molecule has 5 nitrogen and oxygen atoms in total. The number of amides is 1. The maximum absolute atomic E-state index is 12.7. The number of halogens is 1. The van der Waals surface area contributed by atoms with Crippen molar-refractivity contribution in [3.05, 3.63) is 54.1 Å². The molecular formula is C15H14FN3O2. The fraction of sp³-hybridized carbons (Fsp3) is 0.267. The molecule has 0 radical (unpaired) electrons. The van der Waals surface area contributed by atoms with Gasteiger partial charge in [0.25, 0.3) is 5.91 Å². The Bertz CT molecular complexity index is 619. The highest BCUT2D eigenvalue weighted by molar-refractivity contribution is 5.94. The molecule has 1 saturated heterocycles. The molecule has 21 heavy (non-hydrogen) atoms. The number of nitrogens with zero attached hydrogens (tertiary/aromatic N) is 3. The smallest absolute Gasteiger partial charge is 0.316 e. The highest BCUT2D eigenvalue weighted by Gasteiger charge is 2.28. The van der Waals surface area contributed by atoms with Crippen LogP contribution in [0.3, 0.4) is 0 Å². The molecule has 2 aromatic rings. The van der Waals surface area contributed by atoms with Crippen molar-refractivity contribution in [2.75, 3.05) is 13.1 Å². The largest absolute Gasteiger partial charge is 0.458 e. The summed E-state index contributed by atoms with van der Waals surface area (Å²) in [4.78, 5) is 21.5. The van der Waals surface area contributed by atoms with Crippen molar-refractivity contribution in [2.45, 2.75) is 12.5 Å². The van der Waals surface area contributed by atoms with Gasteiger partial charge in [0, 0.05) is 18.5 Å². The van der Waals surface area contributed by atoms with E-state index in [0.29, 0.717) is 25.1 Å². The van der Waals surface area contributed by atoms with Crippen molar-refractivity contribution in [3.8, 4) is 6.01 Å². The quantitative estimate of drug-likeness (QED) is 0.865. The van der Waals surface area contributed by atoms with Crippen LogP contribution in [0.5, 0.6) is 6.01 Å². The Kier molecular flexibility index (Phi) is 3.77. The first-order valence-corrected chi connectivity index (χ1v) is 6.71. The molecule has 6 heteroatoms. The lowest BCUT2D eigenvalue weighted by Crippen LogP contribution is -2.31. The van der Waals surface area contributed by atoms with Gasteiger partial charge in [-0.3, -0.25) is 4.79 Å². The van der Waals surface area contributed by atoms with Crippen LogP contribution in [-0.2, 0) is 0 Å². The second-order valence-corrected chi connectivity index (χ2v) is 4.83. The minimum Gasteiger partial charge on any atom is -0.458 e. The third-order valence-corrected chi connectivity index (χ3v) is 3.32. The van der Waals surface area contributed by atoms with Crippen molar-refractivity contribution >= 4 is 5.91 Å². The Morgan fingerprint density at radius 2 is 1.95 bits per heavy atom. The molecule has 0 N–H and O–H groups in total. The molecule has 0 spiro atoms. The molecule has 1 aliphatic rings. The number of rotatable bonds is 3. The number of carbonyl (C=O) groups is 1. The van der Waals surface area contributed by atoms with Gasteiger partial charge in [0.05, 0.1) is 18.9 Å². The summed E-state index contributed by atoms with van der Waals surface area (Å²) in [5.74, 6) is -0.517. The van der Waals surface area contributed by atoms with Crippen LogP contribution >= 0.6 is 0 Å². The van der Waals surface area contributed by atoms with Gasteiger partial charge in [0.15, 0.2) is 5.82 Å². The summed E-state index contributed by atoms with van der Waals surface area (Å²) >= 11 is 0. The van der Waals surface area contributed by atoms with Gasteiger partial charge in [-0.15, -0.1) is 0 Å². The Morgan fingerprint density at radius 3 is 2.67 bits per heavy atom. The van der Waals surface area contributed by atoms with Crippen molar-refractivity contribution in [1.82, 2.24) is 14.9 Å². The molecule has 2 heterocycles. The van der Waals surface area contributed by atoms with Crippen LogP contribution in [0.25, 0.3) is 0 Å². The van der Waals surface area contributed by atoms with Crippen LogP contribution in [-0.4, -0.2) is 40.0 Å². The summed E-state index contributed by atoms with van der Waals surface area (Å²) in [7, 11) is 0. The van der Waals surface area contributed by atoms with E-state index >= 15 is 0 Å². The Labute approximate surface area is 121 Å². The average molecular weight is 287 g/mol. The van der Waals surface area contributed by atoms with Crippen LogP contribution in [0.1, 0.15) is 16.8 Å². The Morgan fingerprint density at radius 1 is 1.24 bits per heavy atom. The van der Waals surface area contributed by atoms with E-state index in [-0.39, 0.29) is 18.0 Å². The van der Waals surface area contributed by atoms with Gasteiger partial charge in [0.1, 0.15) is 6.10 Å². The third kappa shape index (κ3) is 3.16. The number of hydrogen-bond donors (Lipinski definition) is 0. The number of likely N-dealkylation sites (tertiary alicyclic amines) is 1. The zero-order chi connectivity index (χ0) is 14.7. The van der Waals surface area contributed by atoms with Gasteiger partial charge in [-0.25, -0.2) is 14.4 Å². The van der Waals surface area contributed by atoms with E-state index in [4.69, 9.17) is 4.74 Å². The van der Waals surface area contributed by atoms with Crippen molar-refractivity contribution in [2.24, 2.45) is 0 Å². The summed E-state index contributed by atoms with van der Waals surface area (Å²) in [6, 6.07) is 9.26. The number of benzene rings is 1. The molecule has 0 unspecified atom stereocenters. The molecule has 1 aromatic heterocycles. The van der Waals surface area contributed by atoms with Crippen LogP contribution in [0.4, 0.5) is 4.39 Å². The molecule has 0 aliphatic carbocycles. The van der Waals surface area contributed by atoms with Gasteiger partial charge >= 0.3 is 6.01 Å². The standard InChI is InChI=1S/C15H14FN3O2/c16-12-8-17-15(18-9-12)21-13-6-7-19(10-13)14(20)11-4-2-1-3-5-11/h1-5,8-9,13H,6-7,10H2/t13-/m1/s1. The maximum atomic E-state index is 12.7. The van der Waals surface area contributed by atoms with E-state index in [2.05, 4.69) is 9.97 Å². The number of ether oxygens (including phenoxy) is 1. The first-order valence-electron chi connectivity index (χ1n) is 6.71. The average Bonchev–Trinajstić information content (AvgIpc) is 2.98. The minimum absolute atomic E-state index is 0.0123. The summed E-state index contributed by atoms with van der Waals surface area (Å²) < 4.78 is 18.3. The molecule has 0 bridgehead atoms. The SMILES string of the molecule is O=C(c1ccccc1)N1CC[C@@H](Oc2ncc(F)cn2)C1. The van der Waals surface area contributed by atoms with Gasteiger partial charge in [-0.2, -0.15) is 0 Å². The monoisotopic (exact) mass is 287 g/mol. The molecule has 1 aliphatic heterocycles. The number of hydrogen-bond acceptors (Lipinski definition) is 4.